The zero-order valence-corrected chi connectivity index (χ0v) is 25.0. The van der Waals surface area contributed by atoms with Crippen LogP contribution in [-0.4, -0.2) is 59.5 Å². The summed E-state index contributed by atoms with van der Waals surface area (Å²) in [6.45, 7) is 18.3. The van der Waals surface area contributed by atoms with Gasteiger partial charge in [0.2, 0.25) is 5.91 Å². The third-order valence-corrected chi connectivity index (χ3v) is 7.80. The van der Waals surface area contributed by atoms with E-state index in [1.807, 2.05) is 18.0 Å². The van der Waals surface area contributed by atoms with Gasteiger partial charge in [-0.1, -0.05) is 88.5 Å². The van der Waals surface area contributed by atoms with E-state index >= 15 is 0 Å². The number of carbonyl (C=O) groups is 1. The number of carbonyl (C=O) groups excluding carboxylic acids is 1. The van der Waals surface area contributed by atoms with Crippen molar-refractivity contribution in [2.24, 2.45) is 0 Å². The maximum atomic E-state index is 13.9. The smallest absolute Gasteiger partial charge is 0.372 e. The molecule has 0 aliphatic carbocycles. The first-order valence-electron chi connectivity index (χ1n) is 14.3. The van der Waals surface area contributed by atoms with Gasteiger partial charge >= 0.3 is 6.18 Å². The Morgan fingerprint density at radius 3 is 2.12 bits per heavy atom. The minimum absolute atomic E-state index is 0.0157. The molecule has 0 N–H and O–H groups in total. The van der Waals surface area contributed by atoms with E-state index in [0.29, 0.717) is 25.9 Å². The van der Waals surface area contributed by atoms with E-state index in [2.05, 4.69) is 74.9 Å². The Kier molecular flexibility index (Phi) is 10.6. The highest BCUT2D eigenvalue weighted by Crippen LogP contribution is 2.36. The highest BCUT2D eigenvalue weighted by molar-refractivity contribution is 5.84. The Morgan fingerprint density at radius 1 is 1.00 bits per heavy atom. The van der Waals surface area contributed by atoms with Crippen LogP contribution in [0.2, 0.25) is 0 Å². The van der Waals surface area contributed by atoms with Gasteiger partial charge in [-0.05, 0) is 66.6 Å². The van der Waals surface area contributed by atoms with E-state index in [1.165, 1.54) is 17.7 Å². The molecule has 0 aromatic heterocycles. The highest BCUT2D eigenvalue weighted by atomic mass is 19.4. The average Bonchev–Trinajstić information content (AvgIpc) is 3.15. The molecule has 0 saturated carbocycles. The van der Waals surface area contributed by atoms with Crippen molar-refractivity contribution >= 4 is 5.91 Å². The van der Waals surface area contributed by atoms with Gasteiger partial charge in [0.15, 0.2) is 0 Å². The van der Waals surface area contributed by atoms with E-state index in [4.69, 9.17) is 0 Å². The molecule has 41 heavy (non-hydrogen) atoms. The number of hydrogen-bond acceptors (Lipinski definition) is 3. The van der Waals surface area contributed by atoms with Crippen molar-refractivity contribution in [3.05, 3.63) is 108 Å². The molecule has 222 valence electrons. The van der Waals surface area contributed by atoms with Crippen molar-refractivity contribution in [1.82, 2.24) is 14.7 Å². The summed E-state index contributed by atoms with van der Waals surface area (Å²) in [6.07, 6.45) is 1.25. The predicted molar refractivity (Wildman–Crippen MR) is 161 cm³/mol. The molecule has 0 radical (unpaired) electrons. The first kappa shape index (κ1) is 32.2. The van der Waals surface area contributed by atoms with Gasteiger partial charge in [0.25, 0.3) is 0 Å². The molecule has 1 amide bonds. The molecule has 3 rings (SSSR count). The number of nitrogens with zero attached hydrogens (tertiary/aromatic N) is 3. The maximum absolute atomic E-state index is 13.9. The summed E-state index contributed by atoms with van der Waals surface area (Å²) in [5.74, 6) is 0.0648. The Hall–Kier alpha value is -3.32. The van der Waals surface area contributed by atoms with Gasteiger partial charge in [-0.2, -0.15) is 13.2 Å². The van der Waals surface area contributed by atoms with E-state index in [1.54, 1.807) is 24.3 Å². The Morgan fingerprint density at radius 2 is 1.61 bits per heavy atom. The second-order valence-corrected chi connectivity index (χ2v) is 11.7. The fourth-order valence-corrected chi connectivity index (χ4v) is 5.48. The third kappa shape index (κ3) is 8.35. The van der Waals surface area contributed by atoms with Gasteiger partial charge in [-0.15, -0.1) is 0 Å². The summed E-state index contributed by atoms with van der Waals surface area (Å²) < 4.78 is 38.3. The van der Waals surface area contributed by atoms with Gasteiger partial charge in [0, 0.05) is 25.3 Å². The van der Waals surface area contributed by atoms with Crippen molar-refractivity contribution in [3.63, 3.8) is 0 Å². The number of hydrogen-bond donors (Lipinski definition) is 0. The van der Waals surface area contributed by atoms with E-state index in [9.17, 15) is 18.0 Å². The van der Waals surface area contributed by atoms with Gasteiger partial charge in [-0.3, -0.25) is 9.69 Å². The lowest BCUT2D eigenvalue weighted by atomic mass is 9.86. The molecule has 0 unspecified atom stereocenters. The summed E-state index contributed by atoms with van der Waals surface area (Å²) in [5, 5.41) is 0. The average molecular weight is 568 g/mol. The lowest BCUT2D eigenvalue weighted by Crippen LogP contribution is -2.36. The van der Waals surface area contributed by atoms with Crippen LogP contribution in [-0.2, 0) is 23.1 Å². The molecule has 0 spiro atoms. The normalized spacial score (nSPS) is 18.6. The summed E-state index contributed by atoms with van der Waals surface area (Å²) in [7, 11) is 2.00. The molecule has 4 nitrogen and oxygen atoms in total. The molecule has 2 aromatic rings. The summed E-state index contributed by atoms with van der Waals surface area (Å²) in [6, 6.07) is 14.7. The first-order valence-corrected chi connectivity index (χ1v) is 14.3. The standard InChI is InChI=1S/C34H44F3N3O/c1-8-11-29(9-2)39(10-3)22-21-30-32(41)40(23-20-25-12-14-26(15-13-25)24-34(35,36)37)31(38(30)7)27-16-18-28(19-17-27)33(4,5)6/h8-9,11-19,30-31H,1-2,10,20-24H2,3-7H3/b29-11+/t30-,31+/m0/s1. The SMILES string of the molecule is C=C/C=C(\C=C)N(CC)CC[C@H]1C(=O)N(CCc2ccc(CC(F)(F)F)cc2)[C@H](c2ccc(C(C)(C)C)cc2)N1C. The van der Waals surface area contributed by atoms with Crippen LogP contribution in [0, 0.1) is 0 Å². The molecule has 1 aliphatic heterocycles. The van der Waals surface area contributed by atoms with Crippen LogP contribution >= 0.6 is 0 Å². The van der Waals surface area contributed by atoms with Crippen molar-refractivity contribution < 1.29 is 18.0 Å². The van der Waals surface area contributed by atoms with E-state index in [0.717, 1.165) is 23.4 Å². The highest BCUT2D eigenvalue weighted by Gasteiger charge is 2.44. The van der Waals surface area contributed by atoms with Crippen molar-refractivity contribution in [3.8, 4) is 0 Å². The molecule has 1 fully saturated rings. The fraction of sp³-hybridized carbons (Fsp3) is 0.441. The largest absolute Gasteiger partial charge is 0.393 e. The number of benzene rings is 2. The molecular formula is C34H44F3N3O. The Bertz CT molecular complexity index is 1210. The Balaban J connectivity index is 1.84. The molecule has 1 saturated heterocycles. The molecule has 2 aromatic carbocycles. The molecule has 2 atom stereocenters. The summed E-state index contributed by atoms with van der Waals surface area (Å²) >= 11 is 0. The van der Waals surface area contributed by atoms with E-state index < -0.39 is 12.6 Å². The minimum atomic E-state index is -4.24. The third-order valence-electron chi connectivity index (χ3n) is 7.80. The zero-order valence-electron chi connectivity index (χ0n) is 25.0. The van der Waals surface area contributed by atoms with Crippen molar-refractivity contribution in [2.45, 2.75) is 70.8 Å². The van der Waals surface area contributed by atoms with Gasteiger partial charge in [-0.25, -0.2) is 0 Å². The second kappa shape index (κ2) is 13.6. The molecule has 7 heteroatoms. The number of amides is 1. The van der Waals surface area contributed by atoms with Crippen LogP contribution < -0.4 is 0 Å². The Labute approximate surface area is 243 Å². The number of halogens is 3. The molecular weight excluding hydrogens is 523 g/mol. The number of alkyl halides is 3. The van der Waals surface area contributed by atoms with Crippen LogP contribution in [0.3, 0.4) is 0 Å². The van der Waals surface area contributed by atoms with Gasteiger partial charge in [0.1, 0.15) is 6.17 Å². The number of likely N-dealkylation sites (N-methyl/N-ethyl adjacent to an activating group) is 2. The summed E-state index contributed by atoms with van der Waals surface area (Å²) in [4.78, 5) is 20.2. The van der Waals surface area contributed by atoms with Crippen LogP contribution in [0.1, 0.15) is 62.5 Å². The minimum Gasteiger partial charge on any atom is -0.372 e. The lowest BCUT2D eigenvalue weighted by molar-refractivity contribution is -0.130. The molecule has 1 heterocycles. The van der Waals surface area contributed by atoms with Crippen LogP contribution in [0.5, 0.6) is 0 Å². The monoisotopic (exact) mass is 567 g/mol. The van der Waals surface area contributed by atoms with Crippen LogP contribution in [0.15, 0.2) is 85.6 Å². The topological polar surface area (TPSA) is 26.8 Å². The van der Waals surface area contributed by atoms with Crippen molar-refractivity contribution in [2.75, 3.05) is 26.7 Å². The number of allylic oxidation sites excluding steroid dienone is 3. The second-order valence-electron chi connectivity index (χ2n) is 11.7. The molecule has 1 aliphatic rings. The summed E-state index contributed by atoms with van der Waals surface area (Å²) in [5.41, 5.74) is 4.39. The van der Waals surface area contributed by atoms with Crippen LogP contribution in [0.4, 0.5) is 13.2 Å². The zero-order chi connectivity index (χ0) is 30.4. The van der Waals surface area contributed by atoms with Crippen molar-refractivity contribution in [1.29, 1.82) is 0 Å². The first-order chi connectivity index (χ1) is 19.3. The van der Waals surface area contributed by atoms with Gasteiger partial charge < -0.3 is 9.80 Å². The predicted octanol–water partition coefficient (Wildman–Crippen LogP) is 7.44. The quantitative estimate of drug-likeness (QED) is 0.250. The number of rotatable bonds is 12. The van der Waals surface area contributed by atoms with E-state index in [-0.39, 0.29) is 29.1 Å². The van der Waals surface area contributed by atoms with Gasteiger partial charge in [0.05, 0.1) is 12.5 Å². The fourth-order valence-electron chi connectivity index (χ4n) is 5.48. The molecule has 0 bridgehead atoms. The lowest BCUT2D eigenvalue weighted by Gasteiger charge is -2.30. The maximum Gasteiger partial charge on any atom is 0.393 e. The van der Waals surface area contributed by atoms with Crippen LogP contribution in [0.25, 0.3) is 0 Å².